The van der Waals surface area contributed by atoms with Gasteiger partial charge in [-0.15, -0.1) is 22.7 Å². The lowest BCUT2D eigenvalue weighted by Gasteiger charge is -2.29. The molecule has 0 unspecified atom stereocenters. The van der Waals surface area contributed by atoms with Crippen LogP contribution < -0.4 is 5.32 Å². The largest absolute Gasteiger partial charge is 0.444 e. The fourth-order valence-corrected chi connectivity index (χ4v) is 5.78. The maximum Gasteiger partial charge on any atom is 0.410 e. The first kappa shape index (κ1) is 21.0. The molecule has 10 heteroatoms. The fourth-order valence-electron chi connectivity index (χ4n) is 3.00. The summed E-state index contributed by atoms with van der Waals surface area (Å²) in [4.78, 5) is 38.5. The Balaban J connectivity index is 1.45. The third-order valence-electron chi connectivity index (χ3n) is 4.34. The monoisotopic (exact) mass is 462 g/mol. The highest BCUT2D eigenvalue weighted by atomic mass is 32.1. The topological polar surface area (TPSA) is 84.4 Å². The van der Waals surface area contributed by atoms with Crippen molar-refractivity contribution in [3.63, 3.8) is 0 Å². The number of anilines is 1. The van der Waals surface area contributed by atoms with Crippen LogP contribution in [0.4, 0.5) is 9.93 Å². The number of nitrogens with zero attached hydrogens (tertiary/aromatic N) is 3. The number of thiophene rings is 1. The lowest BCUT2D eigenvalue weighted by Crippen LogP contribution is -2.39. The zero-order valence-corrected chi connectivity index (χ0v) is 19.6. The van der Waals surface area contributed by atoms with Crippen LogP contribution in [0.5, 0.6) is 0 Å². The Bertz CT molecular complexity index is 1080. The third kappa shape index (κ3) is 4.55. The summed E-state index contributed by atoms with van der Waals surface area (Å²) in [6.07, 6.45) is 0.316. The summed E-state index contributed by atoms with van der Waals surface area (Å²) in [7, 11) is 0. The Morgan fingerprint density at radius 3 is 2.73 bits per heavy atom. The summed E-state index contributed by atoms with van der Waals surface area (Å²) in [6, 6.07) is 3.97. The minimum atomic E-state index is -0.529. The number of aromatic nitrogens is 2. The van der Waals surface area contributed by atoms with E-state index in [1.54, 1.807) is 16.2 Å². The van der Waals surface area contributed by atoms with Gasteiger partial charge in [0.2, 0.25) is 0 Å². The molecule has 0 radical (unpaired) electrons. The van der Waals surface area contributed by atoms with Crippen molar-refractivity contribution in [3.05, 3.63) is 38.7 Å². The van der Waals surface area contributed by atoms with Crippen molar-refractivity contribution >= 4 is 51.1 Å². The van der Waals surface area contributed by atoms with Crippen molar-refractivity contribution in [2.45, 2.75) is 46.3 Å². The Hall–Kier alpha value is -2.30. The summed E-state index contributed by atoms with van der Waals surface area (Å²) in [6.45, 7) is 8.40. The number of carbonyl (C=O) groups excluding carboxylic acids is 2. The third-order valence-corrected chi connectivity index (χ3v) is 7.53. The molecule has 1 aliphatic heterocycles. The van der Waals surface area contributed by atoms with Crippen LogP contribution in [0.25, 0.3) is 9.88 Å². The number of ether oxygens (including phenoxy) is 1. The molecule has 0 saturated heterocycles. The minimum Gasteiger partial charge on any atom is -0.444 e. The van der Waals surface area contributed by atoms with E-state index in [1.165, 1.54) is 22.7 Å². The summed E-state index contributed by atoms with van der Waals surface area (Å²) in [5.41, 5.74) is 1.10. The van der Waals surface area contributed by atoms with Gasteiger partial charge in [-0.05, 0) is 39.1 Å². The number of carbonyl (C=O) groups is 2. The normalized spacial score (nSPS) is 13.8. The number of thiazole rings is 2. The Kier molecular flexibility index (Phi) is 5.65. The van der Waals surface area contributed by atoms with E-state index in [0.29, 0.717) is 35.2 Å². The first-order valence-corrected chi connectivity index (χ1v) is 12.0. The molecular formula is C20H22N4O3S3. The smallest absolute Gasteiger partial charge is 0.410 e. The Labute approximate surface area is 186 Å². The van der Waals surface area contributed by atoms with E-state index in [-0.39, 0.29) is 12.0 Å². The van der Waals surface area contributed by atoms with E-state index in [0.717, 1.165) is 20.5 Å². The summed E-state index contributed by atoms with van der Waals surface area (Å²) in [5.74, 6) is -0.206. The van der Waals surface area contributed by atoms with E-state index in [9.17, 15) is 9.59 Å². The van der Waals surface area contributed by atoms with E-state index >= 15 is 0 Å². The Morgan fingerprint density at radius 1 is 1.23 bits per heavy atom. The van der Waals surface area contributed by atoms with Crippen LogP contribution in [0.3, 0.4) is 0 Å². The molecule has 0 aromatic carbocycles. The second-order valence-electron chi connectivity index (χ2n) is 7.91. The zero-order chi connectivity index (χ0) is 21.5. The predicted molar refractivity (Wildman–Crippen MR) is 121 cm³/mol. The molecule has 0 fully saturated rings. The van der Waals surface area contributed by atoms with Crippen LogP contribution in [0.1, 0.15) is 46.7 Å². The second-order valence-corrected chi connectivity index (χ2v) is 10.9. The number of amides is 2. The Morgan fingerprint density at radius 2 is 2.03 bits per heavy atom. The molecule has 0 saturated carbocycles. The second kappa shape index (κ2) is 8.09. The van der Waals surface area contributed by atoms with Crippen molar-refractivity contribution in [1.82, 2.24) is 14.9 Å². The molecule has 0 spiro atoms. The molecule has 1 N–H and O–H groups in total. The number of aryl methyl sites for hydroxylation is 1. The van der Waals surface area contributed by atoms with Gasteiger partial charge in [0.25, 0.3) is 5.91 Å². The number of rotatable bonds is 3. The van der Waals surface area contributed by atoms with Crippen LogP contribution in [-0.2, 0) is 17.7 Å². The first-order valence-electron chi connectivity index (χ1n) is 9.49. The highest BCUT2D eigenvalue weighted by Gasteiger charge is 2.28. The van der Waals surface area contributed by atoms with Crippen LogP contribution in [0, 0.1) is 6.92 Å². The standard InChI is InChI=1S/C20H22N4O3S3/c1-11-15(30-17(21-11)13-6-5-9-28-13)16(25)23-18-22-12-7-8-24(10-14(12)29-18)19(26)27-20(2,3)4/h5-6,9H,7-8,10H2,1-4H3,(H,22,23,25). The maximum atomic E-state index is 12.8. The van der Waals surface area contributed by atoms with E-state index in [2.05, 4.69) is 15.3 Å². The van der Waals surface area contributed by atoms with Crippen molar-refractivity contribution in [2.75, 3.05) is 11.9 Å². The van der Waals surface area contributed by atoms with Gasteiger partial charge >= 0.3 is 6.09 Å². The lowest BCUT2D eigenvalue weighted by molar-refractivity contribution is 0.0225. The van der Waals surface area contributed by atoms with Gasteiger partial charge in [-0.25, -0.2) is 14.8 Å². The van der Waals surface area contributed by atoms with Gasteiger partial charge in [0.05, 0.1) is 22.8 Å². The van der Waals surface area contributed by atoms with Crippen LogP contribution >= 0.6 is 34.0 Å². The zero-order valence-electron chi connectivity index (χ0n) is 17.1. The molecule has 4 heterocycles. The predicted octanol–water partition coefficient (Wildman–Crippen LogP) is 5.18. The average molecular weight is 463 g/mol. The number of hydrogen-bond donors (Lipinski definition) is 1. The van der Waals surface area contributed by atoms with E-state index in [4.69, 9.17) is 4.74 Å². The lowest BCUT2D eigenvalue weighted by atomic mass is 10.2. The number of hydrogen-bond acceptors (Lipinski definition) is 8. The van der Waals surface area contributed by atoms with Gasteiger partial charge in [-0.2, -0.15) is 0 Å². The van der Waals surface area contributed by atoms with Crippen LogP contribution in [0.15, 0.2) is 17.5 Å². The van der Waals surface area contributed by atoms with Gasteiger partial charge in [-0.1, -0.05) is 17.4 Å². The summed E-state index contributed by atoms with van der Waals surface area (Å²) >= 11 is 4.39. The molecular weight excluding hydrogens is 440 g/mol. The van der Waals surface area contributed by atoms with Gasteiger partial charge < -0.3 is 9.64 Å². The van der Waals surface area contributed by atoms with Gasteiger partial charge in [0, 0.05) is 17.8 Å². The molecule has 0 bridgehead atoms. The molecule has 4 rings (SSSR count). The molecule has 1 aliphatic rings. The average Bonchev–Trinajstić information content (AvgIpc) is 3.38. The van der Waals surface area contributed by atoms with Crippen molar-refractivity contribution in [3.8, 4) is 9.88 Å². The summed E-state index contributed by atoms with van der Waals surface area (Å²) in [5, 5.41) is 6.29. The van der Waals surface area contributed by atoms with Crippen molar-refractivity contribution in [2.24, 2.45) is 0 Å². The van der Waals surface area contributed by atoms with Gasteiger partial charge in [0.15, 0.2) is 5.13 Å². The van der Waals surface area contributed by atoms with Crippen molar-refractivity contribution < 1.29 is 14.3 Å². The molecule has 3 aromatic rings. The van der Waals surface area contributed by atoms with E-state index < -0.39 is 5.60 Å². The highest BCUT2D eigenvalue weighted by Crippen LogP contribution is 2.33. The first-order chi connectivity index (χ1) is 14.2. The molecule has 7 nitrogen and oxygen atoms in total. The van der Waals surface area contributed by atoms with Crippen LogP contribution in [-0.4, -0.2) is 39.0 Å². The molecule has 0 aliphatic carbocycles. The fraction of sp³-hybridized carbons (Fsp3) is 0.400. The number of fused-ring (bicyclic) bond motifs is 1. The molecule has 158 valence electrons. The van der Waals surface area contributed by atoms with Crippen molar-refractivity contribution in [1.29, 1.82) is 0 Å². The molecule has 0 atom stereocenters. The molecule has 2 amide bonds. The van der Waals surface area contributed by atoms with Gasteiger partial charge in [0.1, 0.15) is 15.5 Å². The minimum absolute atomic E-state index is 0.206. The number of nitrogens with one attached hydrogen (secondary N) is 1. The van der Waals surface area contributed by atoms with Gasteiger partial charge in [-0.3, -0.25) is 10.1 Å². The van der Waals surface area contributed by atoms with E-state index in [1.807, 2.05) is 45.2 Å². The highest BCUT2D eigenvalue weighted by molar-refractivity contribution is 7.22. The molecule has 3 aromatic heterocycles. The SMILES string of the molecule is Cc1nc(-c2cccs2)sc1C(=O)Nc1nc2c(s1)CN(C(=O)OC(C)(C)C)CC2. The summed E-state index contributed by atoms with van der Waals surface area (Å²) < 4.78 is 5.46. The molecule has 30 heavy (non-hydrogen) atoms. The van der Waals surface area contributed by atoms with Crippen LogP contribution in [0.2, 0.25) is 0 Å². The quantitative estimate of drug-likeness (QED) is 0.580. The maximum absolute atomic E-state index is 12.8.